The van der Waals surface area contributed by atoms with Gasteiger partial charge < -0.3 is 19.0 Å². The third-order valence-electron chi connectivity index (χ3n) is 9.43. The second kappa shape index (κ2) is 36.5. The first-order valence-electron chi connectivity index (χ1n) is 22.6. The van der Waals surface area contributed by atoms with Crippen LogP contribution in [0.15, 0.2) is 57.9 Å². The van der Waals surface area contributed by atoms with Crippen LogP contribution in [0.4, 0.5) is 0 Å². The van der Waals surface area contributed by atoms with Crippen LogP contribution < -0.4 is 0 Å². The molecule has 0 aliphatic rings. The summed E-state index contributed by atoms with van der Waals surface area (Å²) in [6, 6.07) is 0. The van der Waals surface area contributed by atoms with Crippen molar-refractivity contribution in [2.45, 2.75) is 187 Å². The van der Waals surface area contributed by atoms with Gasteiger partial charge in [0.2, 0.25) is 0 Å². The van der Waals surface area contributed by atoms with Gasteiger partial charge in [0.05, 0.1) is 38.3 Å². The molecule has 0 spiro atoms. The minimum Gasteiger partial charge on any atom is -0.393 e. The van der Waals surface area contributed by atoms with Crippen molar-refractivity contribution in [3.8, 4) is 0 Å². The van der Waals surface area contributed by atoms with Crippen LogP contribution in [0.25, 0.3) is 0 Å². The van der Waals surface area contributed by atoms with Gasteiger partial charge in [-0.05, 0) is 142 Å². The summed E-state index contributed by atoms with van der Waals surface area (Å²) >= 11 is 0. The Morgan fingerprint density at radius 3 is 1.70 bits per heavy atom. The molecule has 330 valence electrons. The predicted octanol–water partition coefficient (Wildman–Crippen LogP) is 13.7. The summed E-state index contributed by atoms with van der Waals surface area (Å²) in [5, 5.41) is 12.6. The van der Waals surface area contributed by atoms with Crippen LogP contribution in [0.5, 0.6) is 0 Å². The topological polar surface area (TPSA) is 80.0 Å². The van der Waals surface area contributed by atoms with Crippen molar-refractivity contribution in [1.29, 1.82) is 0 Å². The van der Waals surface area contributed by atoms with E-state index >= 15 is 0 Å². The molecular formula is C49H90N4O4. The van der Waals surface area contributed by atoms with Crippen LogP contribution in [0, 0.1) is 23.7 Å². The summed E-state index contributed by atoms with van der Waals surface area (Å²) in [5.74, 6) is 2.92. The largest absolute Gasteiger partial charge is 0.393 e. The quantitative estimate of drug-likeness (QED) is 0.0305. The fraction of sp³-hybridized carbons (Fsp3) is 0.776. The lowest BCUT2D eigenvalue weighted by Gasteiger charge is -2.07. The molecule has 8 nitrogen and oxygen atoms in total. The van der Waals surface area contributed by atoms with E-state index in [1.807, 2.05) is 17.8 Å². The number of aromatic nitrogens is 3. The van der Waals surface area contributed by atoms with Gasteiger partial charge in [-0.25, -0.2) is 0 Å². The van der Waals surface area contributed by atoms with Crippen LogP contribution >= 0.6 is 0 Å². The number of oxime groups is 1. The van der Waals surface area contributed by atoms with Crippen molar-refractivity contribution in [2.75, 3.05) is 39.6 Å². The highest BCUT2D eigenvalue weighted by atomic mass is 16.6. The monoisotopic (exact) mass is 799 g/mol. The molecule has 0 amide bonds. The minimum atomic E-state index is 0.486. The molecule has 0 saturated carbocycles. The summed E-state index contributed by atoms with van der Waals surface area (Å²) in [6.07, 6.45) is 26.1. The highest BCUT2D eigenvalue weighted by Crippen LogP contribution is 2.15. The summed E-state index contributed by atoms with van der Waals surface area (Å²) in [7, 11) is 0. The first-order chi connectivity index (χ1) is 27.2. The van der Waals surface area contributed by atoms with Crippen LogP contribution in [0.1, 0.15) is 179 Å². The molecule has 0 N–H and O–H groups in total. The number of hydrogen-bond acceptors (Lipinski definition) is 7. The molecule has 0 unspecified atom stereocenters. The standard InChI is InChI=1S/C25H47NO3.C24H43N3O/c1-21(2)11-12-23(5)9-8-10-24(6)13-14-25(7)26-29-20-19-28-18-17-27-16-15-22(3)4;1-20(2)10-9-17-28-19-24-18-27(26-25-24)16-8-13-22(5)11-7-12-23(6)15-14-21(3)4/h10,12,21-22H,8-9,11,13-20H2,1-7H3;11,15,18,20-21H,7-10,12-14,16-17,19H2,1-6H3/b23-12+,24-10+,26-25+;22-11+,23-15+. The van der Waals surface area contributed by atoms with Gasteiger partial charge in [-0.2, -0.15) is 0 Å². The van der Waals surface area contributed by atoms with E-state index in [1.165, 1.54) is 48.0 Å². The zero-order valence-corrected chi connectivity index (χ0v) is 39.5. The molecule has 0 aliphatic heterocycles. The van der Waals surface area contributed by atoms with E-state index in [0.717, 1.165) is 107 Å². The van der Waals surface area contributed by atoms with Gasteiger partial charge >= 0.3 is 0 Å². The molecule has 0 aromatic carbocycles. The number of hydrogen-bond donors (Lipinski definition) is 0. The van der Waals surface area contributed by atoms with Crippen molar-refractivity contribution in [1.82, 2.24) is 15.0 Å². The zero-order valence-electron chi connectivity index (χ0n) is 39.5. The van der Waals surface area contributed by atoms with Crippen molar-refractivity contribution in [3.63, 3.8) is 0 Å². The Hall–Kier alpha value is -2.55. The first-order valence-corrected chi connectivity index (χ1v) is 22.6. The molecule has 1 aromatic heterocycles. The zero-order chi connectivity index (χ0) is 42.7. The highest BCUT2D eigenvalue weighted by Gasteiger charge is 2.03. The van der Waals surface area contributed by atoms with Crippen LogP contribution in [-0.2, 0) is 32.2 Å². The summed E-state index contributed by atoms with van der Waals surface area (Å²) in [6.45, 7) is 34.3. The molecule has 1 aromatic rings. The lowest BCUT2D eigenvalue weighted by atomic mass is 10.0. The number of ether oxygens (including phenoxy) is 3. The van der Waals surface area contributed by atoms with E-state index in [-0.39, 0.29) is 0 Å². The van der Waals surface area contributed by atoms with Crippen LogP contribution in [0.3, 0.4) is 0 Å². The Balaban J connectivity index is 0.00000110. The smallest absolute Gasteiger partial charge is 0.140 e. The third kappa shape index (κ3) is 38.7. The van der Waals surface area contributed by atoms with Gasteiger partial charge in [-0.1, -0.05) is 112 Å². The second-order valence-electron chi connectivity index (χ2n) is 17.8. The van der Waals surface area contributed by atoms with E-state index in [0.29, 0.717) is 39.0 Å². The lowest BCUT2D eigenvalue weighted by Crippen LogP contribution is -2.09. The molecule has 0 radical (unpaired) electrons. The lowest BCUT2D eigenvalue weighted by molar-refractivity contribution is 0.0138. The average molecular weight is 799 g/mol. The van der Waals surface area contributed by atoms with E-state index in [9.17, 15) is 0 Å². The van der Waals surface area contributed by atoms with Crippen LogP contribution in [-0.4, -0.2) is 60.3 Å². The molecule has 0 saturated heterocycles. The van der Waals surface area contributed by atoms with Gasteiger partial charge in [0.15, 0.2) is 0 Å². The van der Waals surface area contributed by atoms with E-state index in [4.69, 9.17) is 19.0 Å². The Morgan fingerprint density at radius 1 is 0.579 bits per heavy atom. The van der Waals surface area contributed by atoms with E-state index in [2.05, 4.69) is 123 Å². The second-order valence-corrected chi connectivity index (χ2v) is 17.8. The Morgan fingerprint density at radius 2 is 1.12 bits per heavy atom. The SMILES string of the molecule is C/C(=C\CC(C)C)CC/C=C(\C)CC/C(C)=N/OCCOCCOCCC(C)C.C/C(=C\CC(C)C)CC/C=C(\C)CCCn1cc(COCCCC(C)C)nn1. The number of allylic oxidation sites excluding steroid dienone is 8. The molecule has 1 rings (SSSR count). The Labute approximate surface area is 352 Å². The van der Waals surface area contributed by atoms with Gasteiger partial charge in [0.25, 0.3) is 0 Å². The number of aryl methyl sites for hydroxylation is 1. The molecule has 0 fully saturated rings. The predicted molar refractivity (Wildman–Crippen MR) is 245 cm³/mol. The summed E-state index contributed by atoms with van der Waals surface area (Å²) < 4.78 is 18.6. The van der Waals surface area contributed by atoms with Gasteiger partial charge in [-0.15, -0.1) is 5.10 Å². The third-order valence-corrected chi connectivity index (χ3v) is 9.43. The number of nitrogens with zero attached hydrogens (tertiary/aromatic N) is 4. The molecule has 57 heavy (non-hydrogen) atoms. The molecule has 0 bridgehead atoms. The van der Waals surface area contributed by atoms with Crippen molar-refractivity contribution >= 4 is 5.71 Å². The van der Waals surface area contributed by atoms with E-state index < -0.39 is 0 Å². The maximum Gasteiger partial charge on any atom is 0.140 e. The Bertz CT molecular complexity index is 1260. The highest BCUT2D eigenvalue weighted by molar-refractivity contribution is 5.81. The fourth-order valence-electron chi connectivity index (χ4n) is 5.50. The maximum atomic E-state index is 5.69. The molecule has 0 atom stereocenters. The van der Waals surface area contributed by atoms with Crippen molar-refractivity contribution in [2.24, 2.45) is 28.8 Å². The molecule has 1 heterocycles. The fourth-order valence-corrected chi connectivity index (χ4v) is 5.50. The minimum absolute atomic E-state index is 0.486. The maximum absolute atomic E-state index is 5.69. The van der Waals surface area contributed by atoms with Crippen LogP contribution in [0.2, 0.25) is 0 Å². The van der Waals surface area contributed by atoms with Gasteiger partial charge in [0, 0.05) is 19.8 Å². The molecule has 0 aliphatic carbocycles. The molecular weight excluding hydrogens is 709 g/mol. The number of rotatable bonds is 33. The summed E-state index contributed by atoms with van der Waals surface area (Å²) in [5.41, 5.74) is 7.88. The van der Waals surface area contributed by atoms with Gasteiger partial charge in [0.1, 0.15) is 12.3 Å². The van der Waals surface area contributed by atoms with E-state index in [1.54, 1.807) is 0 Å². The summed E-state index contributed by atoms with van der Waals surface area (Å²) in [4.78, 5) is 5.34. The normalized spacial score (nSPS) is 13.4. The van der Waals surface area contributed by atoms with Crippen molar-refractivity contribution < 1.29 is 19.0 Å². The van der Waals surface area contributed by atoms with Gasteiger partial charge in [-0.3, -0.25) is 4.68 Å². The first kappa shape index (κ1) is 54.5. The molecule has 8 heteroatoms. The van der Waals surface area contributed by atoms with Crippen molar-refractivity contribution in [3.05, 3.63) is 58.5 Å². The average Bonchev–Trinajstić information content (AvgIpc) is 3.60. The Kier molecular flexibility index (Phi) is 34.9.